The zero-order valence-corrected chi connectivity index (χ0v) is 13.1. The van der Waals surface area contributed by atoms with Crippen molar-refractivity contribution in [3.63, 3.8) is 0 Å². The Labute approximate surface area is 134 Å². The molecule has 0 amide bonds. The van der Waals surface area contributed by atoms with Crippen LogP contribution in [0.1, 0.15) is 31.0 Å². The van der Waals surface area contributed by atoms with Gasteiger partial charge in [0.15, 0.2) is 17.7 Å². The Bertz CT molecular complexity index is 797. The van der Waals surface area contributed by atoms with E-state index < -0.39 is 0 Å². The van der Waals surface area contributed by atoms with Crippen molar-refractivity contribution < 1.29 is 9.82 Å². The van der Waals surface area contributed by atoms with Crippen molar-refractivity contribution in [3.05, 3.63) is 75.8 Å². The molecule has 0 spiro atoms. The van der Waals surface area contributed by atoms with Gasteiger partial charge in [-0.25, -0.2) is 4.99 Å². The van der Waals surface area contributed by atoms with Crippen molar-refractivity contribution in [2.24, 2.45) is 4.99 Å². The van der Waals surface area contributed by atoms with Crippen molar-refractivity contribution in [2.75, 3.05) is 0 Å². The molecule has 5 heteroatoms. The number of nitrogens with one attached hydrogen (secondary N) is 1. The predicted octanol–water partition coefficient (Wildman–Crippen LogP) is 2.14. The molecule has 1 N–H and O–H groups in total. The van der Waals surface area contributed by atoms with Gasteiger partial charge in [-0.3, -0.25) is 15.0 Å². The van der Waals surface area contributed by atoms with Crippen LogP contribution in [0, 0.1) is 10.1 Å². The van der Waals surface area contributed by atoms with E-state index in [1.165, 1.54) is 10.5 Å². The number of aliphatic imine (C=N–C) groups is 1. The van der Waals surface area contributed by atoms with E-state index >= 15 is 0 Å². The maximum absolute atomic E-state index is 10.8. The van der Waals surface area contributed by atoms with Crippen LogP contribution in [-0.2, 0) is 0 Å². The van der Waals surface area contributed by atoms with Crippen molar-refractivity contribution in [3.8, 4) is 0 Å². The van der Waals surface area contributed by atoms with E-state index in [2.05, 4.69) is 26.0 Å². The Morgan fingerprint density at radius 3 is 2.30 bits per heavy atom. The molecule has 1 fully saturated rings. The van der Waals surface area contributed by atoms with Gasteiger partial charge in [-0.1, -0.05) is 30.3 Å². The quantitative estimate of drug-likeness (QED) is 0.536. The number of hydrogen-bond donors (Lipinski definition) is 1. The third-order valence-corrected chi connectivity index (χ3v) is 4.83. The number of non-ortho nitro benzene ring substituents is 1. The second kappa shape index (κ2) is 4.73. The van der Waals surface area contributed by atoms with E-state index in [-0.39, 0.29) is 16.3 Å². The van der Waals surface area contributed by atoms with E-state index in [0.29, 0.717) is 12.1 Å². The largest absolute Gasteiger partial charge is 0.288 e. The van der Waals surface area contributed by atoms with Gasteiger partial charge in [0.1, 0.15) is 5.71 Å². The normalized spacial score (nSPS) is 27.2. The van der Waals surface area contributed by atoms with Crippen molar-refractivity contribution in [1.82, 2.24) is 0 Å². The minimum absolute atomic E-state index is 0.140. The lowest BCUT2D eigenvalue weighted by Gasteiger charge is -2.16. The molecular formula is C18H18N3O2+. The van der Waals surface area contributed by atoms with Gasteiger partial charge in [-0.05, 0) is 12.1 Å². The zero-order chi connectivity index (χ0) is 16.2. The molecule has 2 heterocycles. The topological polar surface area (TPSA) is 59.9 Å². The highest BCUT2D eigenvalue weighted by Gasteiger charge is 2.68. The SMILES string of the molecule is CC1(C)N=C(c2ccccc2)[C@@H]2[C@@H](c3ccc([N+](=O)[O-])cc3)[NH+]21. The molecule has 0 radical (unpaired) electrons. The first kappa shape index (κ1) is 14.1. The molecular weight excluding hydrogens is 290 g/mol. The number of nitrogens with zero attached hydrogens (tertiary/aromatic N) is 2. The number of nitro groups is 1. The average molecular weight is 308 g/mol. The fraction of sp³-hybridized carbons (Fsp3) is 0.278. The predicted molar refractivity (Wildman–Crippen MR) is 87.6 cm³/mol. The summed E-state index contributed by atoms with van der Waals surface area (Å²) in [5.74, 6) is 0. The molecule has 2 aliphatic rings. The molecule has 23 heavy (non-hydrogen) atoms. The molecule has 0 aromatic heterocycles. The Balaban J connectivity index is 1.67. The molecule has 3 atom stereocenters. The molecule has 0 aliphatic carbocycles. The molecule has 4 rings (SSSR count). The van der Waals surface area contributed by atoms with Crippen LogP contribution >= 0.6 is 0 Å². The lowest BCUT2D eigenvalue weighted by Crippen LogP contribution is -3.02. The summed E-state index contributed by atoms with van der Waals surface area (Å²) in [7, 11) is 0. The summed E-state index contributed by atoms with van der Waals surface area (Å²) in [6, 6.07) is 17.9. The summed E-state index contributed by atoms with van der Waals surface area (Å²) in [5.41, 5.74) is 3.44. The van der Waals surface area contributed by atoms with Crippen molar-refractivity contribution in [1.29, 1.82) is 0 Å². The molecule has 2 aliphatic heterocycles. The number of nitro benzene ring substituents is 1. The van der Waals surface area contributed by atoms with E-state index in [9.17, 15) is 10.1 Å². The summed E-state index contributed by atoms with van der Waals surface area (Å²) in [4.78, 5) is 16.8. The van der Waals surface area contributed by atoms with Crippen LogP contribution in [0.2, 0.25) is 0 Å². The number of fused-ring (bicyclic) bond motifs is 1. The molecule has 2 aromatic rings. The molecule has 1 saturated heterocycles. The van der Waals surface area contributed by atoms with Gasteiger partial charge in [-0.15, -0.1) is 0 Å². The van der Waals surface area contributed by atoms with Gasteiger partial charge in [-0.2, -0.15) is 0 Å². The van der Waals surface area contributed by atoms with Crippen LogP contribution in [0.25, 0.3) is 0 Å². The molecule has 1 unspecified atom stereocenters. The van der Waals surface area contributed by atoms with Crippen LogP contribution in [0.3, 0.4) is 0 Å². The van der Waals surface area contributed by atoms with Gasteiger partial charge in [0.25, 0.3) is 5.69 Å². The van der Waals surface area contributed by atoms with Crippen LogP contribution < -0.4 is 4.90 Å². The Morgan fingerprint density at radius 1 is 1.04 bits per heavy atom. The third kappa shape index (κ3) is 2.16. The zero-order valence-electron chi connectivity index (χ0n) is 13.1. The summed E-state index contributed by atoms with van der Waals surface area (Å²) in [6.07, 6.45) is 0. The van der Waals surface area contributed by atoms with E-state index in [1.807, 2.05) is 30.3 Å². The fourth-order valence-corrected chi connectivity index (χ4v) is 3.79. The smallest absolute Gasteiger partial charge is 0.269 e. The average Bonchev–Trinajstić information content (AvgIpc) is 3.23. The first-order valence-electron chi connectivity index (χ1n) is 7.76. The number of benzene rings is 2. The summed E-state index contributed by atoms with van der Waals surface area (Å²) in [6.45, 7) is 4.30. The molecule has 2 aromatic carbocycles. The number of quaternary nitrogens is 1. The maximum Gasteiger partial charge on any atom is 0.269 e. The molecule has 5 nitrogen and oxygen atoms in total. The highest BCUT2D eigenvalue weighted by molar-refractivity contribution is 6.06. The van der Waals surface area contributed by atoms with Crippen LogP contribution in [-0.4, -0.2) is 22.3 Å². The van der Waals surface area contributed by atoms with Crippen molar-refractivity contribution >= 4 is 11.4 Å². The first-order valence-corrected chi connectivity index (χ1v) is 7.76. The van der Waals surface area contributed by atoms with Crippen LogP contribution in [0.5, 0.6) is 0 Å². The minimum Gasteiger partial charge on any atom is -0.288 e. The fourth-order valence-electron chi connectivity index (χ4n) is 3.79. The van der Waals surface area contributed by atoms with Gasteiger partial charge in [0.2, 0.25) is 0 Å². The standard InChI is InChI=1S/C18H17N3O2/c1-18(2)19-15(12-6-4-3-5-7-12)17-16(20(17)18)13-8-10-14(11-9-13)21(22)23/h3-11,16-17H,1-2H3/p+1/t16-,17-,20?/m1/s1. The van der Waals surface area contributed by atoms with Crippen molar-refractivity contribution in [2.45, 2.75) is 31.6 Å². The maximum atomic E-state index is 10.8. The monoisotopic (exact) mass is 308 g/mol. The Kier molecular flexibility index (Phi) is 2.90. The molecule has 116 valence electrons. The number of hydrogen-bond acceptors (Lipinski definition) is 3. The van der Waals surface area contributed by atoms with Gasteiger partial charge in [0, 0.05) is 37.1 Å². The Hall–Kier alpha value is -2.53. The second-order valence-corrected chi connectivity index (χ2v) is 6.68. The van der Waals surface area contributed by atoms with E-state index in [0.717, 1.165) is 11.3 Å². The highest BCUT2D eigenvalue weighted by atomic mass is 16.6. The summed E-state index contributed by atoms with van der Waals surface area (Å²) < 4.78 is 0. The van der Waals surface area contributed by atoms with E-state index in [1.54, 1.807) is 12.1 Å². The third-order valence-electron chi connectivity index (χ3n) is 4.83. The van der Waals surface area contributed by atoms with Gasteiger partial charge >= 0.3 is 0 Å². The molecule has 0 bridgehead atoms. The highest BCUT2D eigenvalue weighted by Crippen LogP contribution is 2.35. The van der Waals surface area contributed by atoms with E-state index in [4.69, 9.17) is 4.99 Å². The minimum atomic E-state index is -0.356. The Morgan fingerprint density at radius 2 is 1.70 bits per heavy atom. The molecule has 0 saturated carbocycles. The van der Waals surface area contributed by atoms with Gasteiger partial charge < -0.3 is 0 Å². The lowest BCUT2D eigenvalue weighted by molar-refractivity contribution is -0.837. The van der Waals surface area contributed by atoms with Gasteiger partial charge in [0.05, 0.1) is 4.92 Å². The second-order valence-electron chi connectivity index (χ2n) is 6.68. The number of rotatable bonds is 3. The lowest BCUT2D eigenvalue weighted by atomic mass is 10.0. The summed E-state index contributed by atoms with van der Waals surface area (Å²) in [5, 5.41) is 10.8. The van der Waals surface area contributed by atoms with Crippen LogP contribution in [0.4, 0.5) is 5.69 Å². The van der Waals surface area contributed by atoms with Crippen LogP contribution in [0.15, 0.2) is 59.6 Å². The summed E-state index contributed by atoms with van der Waals surface area (Å²) >= 11 is 0. The first-order chi connectivity index (χ1) is 11.0.